The molecule has 0 N–H and O–H groups in total. The van der Waals surface area contributed by atoms with Crippen molar-refractivity contribution in [1.82, 2.24) is 4.90 Å². The summed E-state index contributed by atoms with van der Waals surface area (Å²) in [6.45, 7) is 4.77. The average Bonchev–Trinajstić information content (AvgIpc) is 2.56. The van der Waals surface area contributed by atoms with Crippen LogP contribution >= 0.6 is 11.6 Å². The highest BCUT2D eigenvalue weighted by atomic mass is 35.5. The lowest BCUT2D eigenvalue weighted by atomic mass is 10.0. The van der Waals surface area contributed by atoms with Crippen molar-refractivity contribution in [3.63, 3.8) is 0 Å². The van der Waals surface area contributed by atoms with Crippen LogP contribution in [-0.4, -0.2) is 31.9 Å². The van der Waals surface area contributed by atoms with E-state index in [-0.39, 0.29) is 5.75 Å². The van der Waals surface area contributed by atoms with Gasteiger partial charge in [-0.1, -0.05) is 17.7 Å². The zero-order chi connectivity index (χ0) is 18.6. The second kappa shape index (κ2) is 8.30. The van der Waals surface area contributed by atoms with Gasteiger partial charge < -0.3 is 9.64 Å². The van der Waals surface area contributed by atoms with Crippen LogP contribution in [0.2, 0.25) is 5.02 Å². The molecule has 25 heavy (non-hydrogen) atoms. The van der Waals surface area contributed by atoms with Crippen LogP contribution in [0.4, 0.5) is 14.5 Å². The molecule has 0 aliphatic rings. The fourth-order valence-corrected chi connectivity index (χ4v) is 2.64. The molecule has 0 heterocycles. The molecule has 0 aliphatic carbocycles. The van der Waals surface area contributed by atoms with Crippen LogP contribution in [0.15, 0.2) is 29.3 Å². The number of methoxy groups -OCH3 is 1. The van der Waals surface area contributed by atoms with E-state index in [9.17, 15) is 8.78 Å². The third-order valence-electron chi connectivity index (χ3n) is 3.82. The van der Waals surface area contributed by atoms with Crippen molar-refractivity contribution in [2.45, 2.75) is 20.3 Å². The van der Waals surface area contributed by atoms with Crippen LogP contribution in [0.3, 0.4) is 0 Å². The Morgan fingerprint density at radius 3 is 2.40 bits per heavy atom. The fraction of sp³-hybridized carbons (Fsp3) is 0.316. The normalized spacial score (nSPS) is 11.2. The molecule has 0 bridgehead atoms. The van der Waals surface area contributed by atoms with Crippen molar-refractivity contribution in [3.05, 3.63) is 57.6 Å². The minimum atomic E-state index is -0.732. The van der Waals surface area contributed by atoms with Crippen molar-refractivity contribution < 1.29 is 13.5 Å². The summed E-state index contributed by atoms with van der Waals surface area (Å²) < 4.78 is 32.5. The summed E-state index contributed by atoms with van der Waals surface area (Å²) >= 11 is 6.45. The maximum absolute atomic E-state index is 13.9. The molecule has 134 valence electrons. The van der Waals surface area contributed by atoms with Gasteiger partial charge in [0.15, 0.2) is 17.4 Å². The fourth-order valence-electron chi connectivity index (χ4n) is 2.42. The molecule has 0 aliphatic heterocycles. The molecular weight excluding hydrogens is 346 g/mol. The first kappa shape index (κ1) is 19.2. The van der Waals surface area contributed by atoms with Crippen molar-refractivity contribution in [3.8, 4) is 5.75 Å². The summed E-state index contributed by atoms with van der Waals surface area (Å²) in [7, 11) is 3.15. The van der Waals surface area contributed by atoms with Gasteiger partial charge in [0, 0.05) is 13.6 Å². The third kappa shape index (κ3) is 4.69. The molecule has 0 unspecified atom stereocenters. The van der Waals surface area contributed by atoms with Crippen LogP contribution in [0.5, 0.6) is 5.75 Å². The van der Waals surface area contributed by atoms with E-state index >= 15 is 0 Å². The molecule has 0 spiro atoms. The number of nitrogens with zero attached hydrogens (tertiary/aromatic N) is 2. The van der Waals surface area contributed by atoms with E-state index in [1.807, 2.05) is 37.9 Å². The van der Waals surface area contributed by atoms with Crippen molar-refractivity contribution in [1.29, 1.82) is 0 Å². The second-order valence-corrected chi connectivity index (χ2v) is 6.22. The maximum atomic E-state index is 13.9. The number of ether oxygens (including phenoxy) is 1. The number of rotatable bonds is 6. The molecular formula is C19H21ClF2N2O. The van der Waals surface area contributed by atoms with Gasteiger partial charge in [0.1, 0.15) is 0 Å². The predicted molar refractivity (Wildman–Crippen MR) is 98.4 cm³/mol. The van der Waals surface area contributed by atoms with E-state index in [0.717, 1.165) is 17.7 Å². The van der Waals surface area contributed by atoms with Gasteiger partial charge in [-0.2, -0.15) is 0 Å². The van der Waals surface area contributed by atoms with E-state index < -0.39 is 11.6 Å². The lowest BCUT2D eigenvalue weighted by Gasteiger charge is -2.12. The zero-order valence-electron chi connectivity index (χ0n) is 14.7. The molecule has 0 fully saturated rings. The minimum Gasteiger partial charge on any atom is -0.491 e. The number of hydrogen-bond acceptors (Lipinski definition) is 2. The summed E-state index contributed by atoms with van der Waals surface area (Å²) in [4.78, 5) is 6.33. The number of aryl methyl sites for hydroxylation is 1. The van der Waals surface area contributed by atoms with Crippen LogP contribution in [0, 0.1) is 18.6 Å². The highest BCUT2D eigenvalue weighted by Crippen LogP contribution is 2.32. The van der Waals surface area contributed by atoms with Gasteiger partial charge in [-0.15, -0.1) is 0 Å². The maximum Gasteiger partial charge on any atom is 0.190 e. The zero-order valence-corrected chi connectivity index (χ0v) is 15.5. The number of halogens is 3. The van der Waals surface area contributed by atoms with E-state index in [2.05, 4.69) is 4.99 Å². The first-order valence-corrected chi connectivity index (χ1v) is 8.28. The van der Waals surface area contributed by atoms with Crippen LogP contribution in [0.1, 0.15) is 23.6 Å². The minimum absolute atomic E-state index is 0.296. The molecule has 2 rings (SSSR count). The summed E-state index contributed by atoms with van der Waals surface area (Å²) in [5.41, 5.74) is 2.84. The largest absolute Gasteiger partial charge is 0.491 e. The Bertz CT molecular complexity index is 770. The van der Waals surface area contributed by atoms with Gasteiger partial charge in [0.2, 0.25) is 0 Å². The highest BCUT2D eigenvalue weighted by Gasteiger charge is 2.14. The van der Waals surface area contributed by atoms with Gasteiger partial charge >= 0.3 is 0 Å². The molecule has 0 radical (unpaired) electrons. The Balaban J connectivity index is 2.37. The topological polar surface area (TPSA) is 24.8 Å². The van der Waals surface area contributed by atoms with Crippen molar-refractivity contribution in [2.24, 2.45) is 4.99 Å². The van der Waals surface area contributed by atoms with Crippen molar-refractivity contribution in [2.75, 3.05) is 20.7 Å². The molecule has 3 nitrogen and oxygen atoms in total. The van der Waals surface area contributed by atoms with Gasteiger partial charge in [0.25, 0.3) is 0 Å². The Hall–Kier alpha value is -2.14. The number of hydrogen-bond donors (Lipinski definition) is 0. The lowest BCUT2D eigenvalue weighted by molar-refractivity contribution is 0.359. The first-order valence-electron chi connectivity index (χ1n) is 7.91. The van der Waals surface area contributed by atoms with E-state index in [4.69, 9.17) is 16.3 Å². The van der Waals surface area contributed by atoms with E-state index in [0.29, 0.717) is 22.7 Å². The SMILES string of the molecule is CCN(C)C=Nc1cc(C)cc(Cc2cc(F)c(OC)c(F)c2)c1Cl. The van der Waals surface area contributed by atoms with E-state index in [1.54, 1.807) is 6.34 Å². The number of benzene rings is 2. The van der Waals surface area contributed by atoms with Gasteiger partial charge in [-0.25, -0.2) is 13.8 Å². The molecule has 2 aromatic rings. The van der Waals surface area contributed by atoms with Crippen LogP contribution in [-0.2, 0) is 6.42 Å². The summed E-state index contributed by atoms with van der Waals surface area (Å²) in [6, 6.07) is 6.29. The highest BCUT2D eigenvalue weighted by molar-refractivity contribution is 6.33. The number of aliphatic imine (C=N–C) groups is 1. The first-order chi connectivity index (χ1) is 11.8. The molecule has 0 aromatic heterocycles. The standard InChI is InChI=1S/C19H21ClF2N2O/c1-5-24(3)11-23-17-7-12(2)6-14(18(17)20)8-13-9-15(21)19(25-4)16(22)10-13/h6-7,9-11H,5,8H2,1-4H3. The van der Waals surface area contributed by atoms with E-state index in [1.165, 1.54) is 19.2 Å². The molecule has 6 heteroatoms. The Labute approximate surface area is 151 Å². The monoisotopic (exact) mass is 366 g/mol. The summed E-state index contributed by atoms with van der Waals surface area (Å²) in [5.74, 6) is -1.85. The Kier molecular flexibility index (Phi) is 6.37. The van der Waals surface area contributed by atoms with Crippen molar-refractivity contribution >= 4 is 23.6 Å². The predicted octanol–water partition coefficient (Wildman–Crippen LogP) is 5.14. The lowest BCUT2D eigenvalue weighted by Crippen LogP contribution is -2.14. The van der Waals surface area contributed by atoms with Gasteiger partial charge in [0.05, 0.1) is 24.2 Å². The molecule has 0 saturated heterocycles. The van der Waals surface area contributed by atoms with Gasteiger partial charge in [-0.05, 0) is 55.2 Å². The Morgan fingerprint density at radius 1 is 1.20 bits per heavy atom. The average molecular weight is 367 g/mol. The van der Waals surface area contributed by atoms with Crippen LogP contribution in [0.25, 0.3) is 0 Å². The van der Waals surface area contributed by atoms with Crippen LogP contribution < -0.4 is 4.74 Å². The second-order valence-electron chi connectivity index (χ2n) is 5.84. The molecule has 0 atom stereocenters. The Morgan fingerprint density at radius 2 is 1.84 bits per heavy atom. The summed E-state index contributed by atoms with van der Waals surface area (Å²) in [5, 5.41) is 0.475. The third-order valence-corrected chi connectivity index (χ3v) is 4.26. The quantitative estimate of drug-likeness (QED) is 0.522. The summed E-state index contributed by atoms with van der Waals surface area (Å²) in [6.07, 6.45) is 2.00. The van der Waals surface area contributed by atoms with Gasteiger partial charge in [-0.3, -0.25) is 0 Å². The molecule has 0 amide bonds. The smallest absolute Gasteiger partial charge is 0.190 e. The molecule has 2 aromatic carbocycles. The molecule has 0 saturated carbocycles.